The van der Waals surface area contributed by atoms with Gasteiger partial charge in [0.2, 0.25) is 0 Å². The molecule has 1 aliphatic heterocycles. The Morgan fingerprint density at radius 2 is 2.09 bits per heavy atom. The maximum atomic E-state index is 13.0. The second-order valence-electron chi connectivity index (χ2n) is 5.71. The molecule has 0 amide bonds. The van der Waals surface area contributed by atoms with Gasteiger partial charge in [-0.1, -0.05) is 12.1 Å². The van der Waals surface area contributed by atoms with Crippen molar-refractivity contribution in [1.29, 1.82) is 0 Å². The number of esters is 1. The molecule has 1 aromatic carbocycles. The summed E-state index contributed by atoms with van der Waals surface area (Å²) in [5.41, 5.74) is 1.93. The Labute approximate surface area is 133 Å². The van der Waals surface area contributed by atoms with Crippen molar-refractivity contribution < 1.29 is 13.9 Å². The number of carbonyl (C=O) groups excluding carboxylic acids is 1. The van der Waals surface area contributed by atoms with Crippen LogP contribution in [0.2, 0.25) is 0 Å². The van der Waals surface area contributed by atoms with E-state index in [9.17, 15) is 9.18 Å². The van der Waals surface area contributed by atoms with Crippen LogP contribution in [-0.4, -0.2) is 37.1 Å². The minimum absolute atomic E-state index is 0.0193. The van der Waals surface area contributed by atoms with Crippen molar-refractivity contribution in [1.82, 2.24) is 4.90 Å². The van der Waals surface area contributed by atoms with Crippen LogP contribution >= 0.6 is 11.3 Å². The SMILES string of the molecule is Cc1cc(C(=O)OC2CCN(C)C2)sc1-c1ccc(F)cc1. The molecule has 22 heavy (non-hydrogen) atoms. The third-order valence-corrected chi connectivity index (χ3v) is 5.11. The van der Waals surface area contributed by atoms with E-state index in [0.717, 1.165) is 35.5 Å². The molecule has 5 heteroatoms. The molecule has 1 fully saturated rings. The quantitative estimate of drug-likeness (QED) is 0.808. The third kappa shape index (κ3) is 3.20. The number of benzene rings is 1. The largest absolute Gasteiger partial charge is 0.457 e. The Morgan fingerprint density at radius 3 is 2.73 bits per heavy atom. The maximum absolute atomic E-state index is 13.0. The van der Waals surface area contributed by atoms with Crippen molar-refractivity contribution in [3.63, 3.8) is 0 Å². The number of ether oxygens (including phenoxy) is 1. The first-order valence-corrected chi connectivity index (χ1v) is 8.10. The highest BCUT2D eigenvalue weighted by Crippen LogP contribution is 2.33. The van der Waals surface area contributed by atoms with Gasteiger partial charge in [-0.3, -0.25) is 0 Å². The van der Waals surface area contributed by atoms with Crippen molar-refractivity contribution in [3.05, 3.63) is 46.6 Å². The first-order chi connectivity index (χ1) is 10.5. The highest BCUT2D eigenvalue weighted by Gasteiger charge is 2.24. The van der Waals surface area contributed by atoms with Crippen LogP contribution in [0, 0.1) is 12.7 Å². The Morgan fingerprint density at radius 1 is 1.36 bits per heavy atom. The summed E-state index contributed by atoms with van der Waals surface area (Å²) in [6, 6.07) is 8.18. The lowest BCUT2D eigenvalue weighted by molar-refractivity contribution is 0.0333. The first-order valence-electron chi connectivity index (χ1n) is 7.29. The average molecular weight is 319 g/mol. The van der Waals surface area contributed by atoms with Crippen LogP contribution in [0.5, 0.6) is 0 Å². The third-order valence-electron chi connectivity index (χ3n) is 3.85. The van der Waals surface area contributed by atoms with Crippen molar-refractivity contribution in [3.8, 4) is 10.4 Å². The van der Waals surface area contributed by atoms with E-state index in [2.05, 4.69) is 4.90 Å². The maximum Gasteiger partial charge on any atom is 0.348 e. The van der Waals surface area contributed by atoms with Crippen LogP contribution in [-0.2, 0) is 4.74 Å². The molecule has 0 N–H and O–H groups in total. The summed E-state index contributed by atoms with van der Waals surface area (Å²) in [6.07, 6.45) is 0.867. The lowest BCUT2D eigenvalue weighted by Crippen LogP contribution is -2.21. The standard InChI is InChI=1S/C17H18FNO2S/c1-11-9-15(17(20)21-14-7-8-19(2)10-14)22-16(11)12-3-5-13(18)6-4-12/h3-6,9,14H,7-8,10H2,1-2H3. The number of likely N-dealkylation sites (N-methyl/N-ethyl adjacent to an activating group) is 1. The van der Waals surface area contributed by atoms with E-state index in [1.807, 2.05) is 20.0 Å². The molecule has 0 radical (unpaired) electrons. The van der Waals surface area contributed by atoms with Crippen LogP contribution in [0.15, 0.2) is 30.3 Å². The molecule has 1 unspecified atom stereocenters. The number of hydrogen-bond acceptors (Lipinski definition) is 4. The van der Waals surface area contributed by atoms with Crippen LogP contribution in [0.4, 0.5) is 4.39 Å². The summed E-state index contributed by atoms with van der Waals surface area (Å²) in [4.78, 5) is 16.0. The number of likely N-dealkylation sites (tertiary alicyclic amines) is 1. The van der Waals surface area contributed by atoms with Gasteiger partial charge in [-0.05, 0) is 49.7 Å². The van der Waals surface area contributed by atoms with Crippen LogP contribution in [0.3, 0.4) is 0 Å². The molecule has 2 heterocycles. The molecule has 2 aromatic rings. The van der Waals surface area contributed by atoms with Gasteiger partial charge in [0.1, 0.15) is 16.8 Å². The normalized spacial score (nSPS) is 18.6. The summed E-state index contributed by atoms with van der Waals surface area (Å²) in [5, 5.41) is 0. The second kappa shape index (κ2) is 6.18. The van der Waals surface area contributed by atoms with Crippen LogP contribution in [0.1, 0.15) is 21.7 Å². The molecule has 1 saturated heterocycles. The summed E-state index contributed by atoms with van der Waals surface area (Å²) >= 11 is 1.40. The molecule has 3 rings (SSSR count). The summed E-state index contributed by atoms with van der Waals surface area (Å²) in [6.45, 7) is 3.71. The Kier molecular flexibility index (Phi) is 4.27. The predicted molar refractivity (Wildman–Crippen MR) is 85.8 cm³/mol. The molecule has 0 spiro atoms. The zero-order chi connectivity index (χ0) is 15.7. The van der Waals surface area contributed by atoms with Crippen molar-refractivity contribution >= 4 is 17.3 Å². The zero-order valence-electron chi connectivity index (χ0n) is 12.6. The molecule has 0 saturated carbocycles. The predicted octanol–water partition coefficient (Wildman–Crippen LogP) is 3.72. The number of hydrogen-bond donors (Lipinski definition) is 0. The highest BCUT2D eigenvalue weighted by atomic mass is 32.1. The van der Waals surface area contributed by atoms with Gasteiger partial charge in [0, 0.05) is 18.0 Å². The highest BCUT2D eigenvalue weighted by molar-refractivity contribution is 7.17. The van der Waals surface area contributed by atoms with Gasteiger partial charge in [0.05, 0.1) is 0 Å². The topological polar surface area (TPSA) is 29.5 Å². The number of thiophene rings is 1. The van der Waals surface area contributed by atoms with Gasteiger partial charge in [0.15, 0.2) is 0 Å². The second-order valence-corrected chi connectivity index (χ2v) is 6.76. The molecule has 116 valence electrons. The van der Waals surface area contributed by atoms with Crippen molar-refractivity contribution in [2.75, 3.05) is 20.1 Å². The van der Waals surface area contributed by atoms with E-state index in [1.54, 1.807) is 12.1 Å². The van der Waals surface area contributed by atoms with E-state index in [-0.39, 0.29) is 17.9 Å². The monoisotopic (exact) mass is 319 g/mol. The van der Waals surface area contributed by atoms with Crippen molar-refractivity contribution in [2.24, 2.45) is 0 Å². The Hall–Kier alpha value is -1.72. The van der Waals surface area contributed by atoms with Gasteiger partial charge in [-0.2, -0.15) is 0 Å². The first kappa shape index (κ1) is 15.2. The van der Waals surface area contributed by atoms with E-state index < -0.39 is 0 Å². The molecule has 3 nitrogen and oxygen atoms in total. The van der Waals surface area contributed by atoms with Gasteiger partial charge >= 0.3 is 5.97 Å². The Balaban J connectivity index is 1.76. The molecular weight excluding hydrogens is 301 g/mol. The molecule has 1 aromatic heterocycles. The lowest BCUT2D eigenvalue weighted by Gasteiger charge is -2.11. The molecular formula is C17H18FNO2S. The fourth-order valence-corrected chi connectivity index (χ4v) is 3.73. The van der Waals surface area contributed by atoms with Crippen LogP contribution in [0.25, 0.3) is 10.4 Å². The number of aryl methyl sites for hydroxylation is 1. The molecule has 0 aliphatic carbocycles. The van der Waals surface area contributed by atoms with E-state index in [4.69, 9.17) is 4.74 Å². The summed E-state index contributed by atoms with van der Waals surface area (Å²) < 4.78 is 18.6. The molecule has 1 aliphatic rings. The number of halogens is 1. The van der Waals surface area contributed by atoms with E-state index >= 15 is 0 Å². The molecule has 0 bridgehead atoms. The zero-order valence-corrected chi connectivity index (χ0v) is 13.5. The van der Waals surface area contributed by atoms with Gasteiger partial charge in [0.25, 0.3) is 0 Å². The average Bonchev–Trinajstić information content (AvgIpc) is 3.06. The van der Waals surface area contributed by atoms with Gasteiger partial charge in [-0.25, -0.2) is 9.18 Å². The number of carbonyl (C=O) groups is 1. The minimum atomic E-state index is -0.262. The number of rotatable bonds is 3. The minimum Gasteiger partial charge on any atom is -0.457 e. The van der Waals surface area contributed by atoms with E-state index in [1.165, 1.54) is 23.5 Å². The molecule has 1 atom stereocenters. The van der Waals surface area contributed by atoms with Gasteiger partial charge in [-0.15, -0.1) is 11.3 Å². The fraction of sp³-hybridized carbons (Fsp3) is 0.353. The summed E-state index contributed by atoms with van der Waals surface area (Å²) in [7, 11) is 2.02. The van der Waals surface area contributed by atoms with Crippen molar-refractivity contribution in [2.45, 2.75) is 19.4 Å². The number of nitrogens with zero attached hydrogens (tertiary/aromatic N) is 1. The fourth-order valence-electron chi connectivity index (χ4n) is 2.67. The van der Waals surface area contributed by atoms with Gasteiger partial charge < -0.3 is 9.64 Å². The summed E-state index contributed by atoms with van der Waals surface area (Å²) in [5.74, 6) is -0.523. The van der Waals surface area contributed by atoms with Crippen LogP contribution < -0.4 is 0 Å². The lowest BCUT2D eigenvalue weighted by atomic mass is 10.1. The Bertz CT molecular complexity index is 680. The smallest absolute Gasteiger partial charge is 0.348 e. The van der Waals surface area contributed by atoms with E-state index in [0.29, 0.717) is 4.88 Å².